The lowest BCUT2D eigenvalue weighted by Gasteiger charge is -1.88. The van der Waals surface area contributed by atoms with Gasteiger partial charge in [0.15, 0.2) is 0 Å². The monoisotopic (exact) mass is 189 g/mol. The second-order valence-corrected chi connectivity index (χ2v) is 3.00. The first-order chi connectivity index (χ1) is 5.25. The van der Waals surface area contributed by atoms with Gasteiger partial charge in [0.25, 0.3) is 0 Å². The van der Waals surface area contributed by atoms with Crippen molar-refractivity contribution in [1.29, 1.82) is 0 Å². The van der Waals surface area contributed by atoms with E-state index in [2.05, 4.69) is 5.16 Å². The number of Topliss-reactive ketones (excluding diaryl/α,β-unsaturated/α-hetero) is 1. The molecule has 11 heavy (non-hydrogen) atoms. The Bertz CT molecular complexity index is 281. The molecular weight excluding hydrogens is 186 g/mol. The third kappa shape index (κ3) is 1.78. The van der Waals surface area contributed by atoms with Crippen LogP contribution in [0.4, 0.5) is 0 Å². The molecule has 0 aliphatic rings. The van der Waals surface area contributed by atoms with E-state index < -0.39 is 11.0 Å². The number of hydrogen-bond acceptors (Lipinski definition) is 4. The van der Waals surface area contributed by atoms with Crippen LogP contribution in [0.2, 0.25) is 0 Å². The molecule has 0 aliphatic carbocycles. The van der Waals surface area contributed by atoms with E-state index in [0.717, 1.165) is 0 Å². The molecule has 1 aromatic heterocycles. The molecule has 58 valence electrons. The Hall–Kier alpha value is -0.870. The molecule has 5 heteroatoms. The maximum atomic E-state index is 11.0. The Labute approximate surface area is 71.9 Å². The molecule has 0 radical (unpaired) electrons. The Morgan fingerprint density at radius 2 is 2.45 bits per heavy atom. The highest BCUT2D eigenvalue weighted by atomic mass is 35.5. The smallest absolute Gasteiger partial charge is 0.236 e. The number of carbonyl (C=O) groups is 1. The number of rotatable bonds is 2. The Kier molecular flexibility index (Phi) is 2.62. The summed E-state index contributed by atoms with van der Waals surface area (Å²) in [6.45, 7) is 0. The number of thiophene rings is 1. The van der Waals surface area contributed by atoms with E-state index >= 15 is 0 Å². The summed E-state index contributed by atoms with van der Waals surface area (Å²) in [6, 6.07) is 3.33. The zero-order valence-corrected chi connectivity index (χ0v) is 6.89. The van der Waals surface area contributed by atoms with Crippen LogP contribution in [-0.2, 0) is 0 Å². The van der Waals surface area contributed by atoms with Crippen LogP contribution >= 0.6 is 22.9 Å². The Balaban J connectivity index is 2.87. The molecule has 1 aromatic rings. The molecule has 1 rings (SSSR count). The third-order valence-corrected chi connectivity index (χ3v) is 2.14. The van der Waals surface area contributed by atoms with Crippen molar-refractivity contribution in [2.24, 2.45) is 5.16 Å². The topological polar surface area (TPSA) is 49.7 Å². The molecule has 0 aliphatic heterocycles. The van der Waals surface area contributed by atoms with Gasteiger partial charge in [-0.2, -0.15) is 0 Å². The molecule has 0 bridgehead atoms. The summed E-state index contributed by atoms with van der Waals surface area (Å²) in [5, 5.41) is 12.1. The average molecular weight is 190 g/mol. The van der Waals surface area contributed by atoms with Gasteiger partial charge < -0.3 is 5.21 Å². The number of hydrogen-bond donors (Lipinski definition) is 1. The van der Waals surface area contributed by atoms with Gasteiger partial charge in [0.1, 0.15) is 0 Å². The van der Waals surface area contributed by atoms with Crippen molar-refractivity contribution in [1.82, 2.24) is 0 Å². The predicted molar refractivity (Wildman–Crippen MR) is 43.7 cm³/mol. The summed E-state index contributed by atoms with van der Waals surface area (Å²) >= 11 is 6.51. The zero-order valence-electron chi connectivity index (χ0n) is 5.32. The van der Waals surface area contributed by atoms with Gasteiger partial charge in [-0.3, -0.25) is 4.79 Å². The summed E-state index contributed by atoms with van der Waals surface area (Å²) in [7, 11) is 0. The van der Waals surface area contributed by atoms with Gasteiger partial charge in [-0.05, 0) is 11.4 Å². The number of halogens is 1. The van der Waals surface area contributed by atoms with Crippen LogP contribution in [0, 0.1) is 0 Å². The van der Waals surface area contributed by atoms with Gasteiger partial charge in [-0.15, -0.1) is 11.3 Å². The highest BCUT2D eigenvalue weighted by Crippen LogP contribution is 2.10. The minimum atomic E-state index is -0.454. The largest absolute Gasteiger partial charge is 0.410 e. The Morgan fingerprint density at radius 3 is 2.91 bits per heavy atom. The van der Waals surface area contributed by atoms with Crippen molar-refractivity contribution in [2.45, 2.75) is 0 Å². The molecule has 0 amide bonds. The summed E-state index contributed by atoms with van der Waals surface area (Å²) in [5.41, 5.74) is 0. The van der Waals surface area contributed by atoms with E-state index in [-0.39, 0.29) is 0 Å². The lowest BCUT2D eigenvalue weighted by molar-refractivity contribution is 0.106. The van der Waals surface area contributed by atoms with Crippen LogP contribution in [0.3, 0.4) is 0 Å². The molecule has 3 nitrogen and oxygen atoms in total. The second kappa shape index (κ2) is 3.50. The van der Waals surface area contributed by atoms with Crippen LogP contribution in [0.15, 0.2) is 22.7 Å². The van der Waals surface area contributed by atoms with Gasteiger partial charge in [-0.1, -0.05) is 22.8 Å². The van der Waals surface area contributed by atoms with E-state index in [1.165, 1.54) is 11.3 Å². The summed E-state index contributed by atoms with van der Waals surface area (Å²) in [6.07, 6.45) is 0. The molecule has 0 spiro atoms. The first-order valence-electron chi connectivity index (χ1n) is 2.71. The van der Waals surface area contributed by atoms with Crippen molar-refractivity contribution in [3.05, 3.63) is 22.4 Å². The fourth-order valence-electron chi connectivity index (χ4n) is 0.555. The van der Waals surface area contributed by atoms with Crippen LogP contribution in [0.5, 0.6) is 0 Å². The van der Waals surface area contributed by atoms with E-state index in [0.29, 0.717) is 4.88 Å². The molecule has 0 atom stereocenters. The lowest BCUT2D eigenvalue weighted by atomic mass is 10.3. The fourth-order valence-corrected chi connectivity index (χ4v) is 1.38. The van der Waals surface area contributed by atoms with Gasteiger partial charge >= 0.3 is 0 Å². The second-order valence-electron chi connectivity index (χ2n) is 1.70. The molecule has 0 fully saturated rings. The highest BCUT2D eigenvalue weighted by molar-refractivity contribution is 7.14. The average Bonchev–Trinajstić information content (AvgIpc) is 2.53. The lowest BCUT2D eigenvalue weighted by Crippen LogP contribution is -2.05. The minimum absolute atomic E-state index is 0.410. The van der Waals surface area contributed by atoms with E-state index in [1.54, 1.807) is 17.5 Å². The van der Waals surface area contributed by atoms with Crippen LogP contribution < -0.4 is 0 Å². The summed E-state index contributed by atoms with van der Waals surface area (Å²) < 4.78 is 0. The van der Waals surface area contributed by atoms with Crippen molar-refractivity contribution in [3.8, 4) is 0 Å². The normalized spacial score (nSPS) is 11.5. The molecule has 0 saturated heterocycles. The van der Waals surface area contributed by atoms with E-state index in [1.807, 2.05) is 0 Å². The van der Waals surface area contributed by atoms with Crippen molar-refractivity contribution in [3.63, 3.8) is 0 Å². The zero-order chi connectivity index (χ0) is 8.27. The summed E-state index contributed by atoms with van der Waals surface area (Å²) in [4.78, 5) is 11.5. The standard InChI is InChI=1S/C6H4ClNO2S/c7-6(8-10)5(9)4-2-1-3-11-4/h1-3,10H/b8-6+. The summed E-state index contributed by atoms with van der Waals surface area (Å²) in [5.74, 6) is -0.454. The minimum Gasteiger partial charge on any atom is -0.410 e. The van der Waals surface area contributed by atoms with Crippen LogP contribution in [0.25, 0.3) is 0 Å². The quantitative estimate of drug-likeness (QED) is 0.335. The van der Waals surface area contributed by atoms with Crippen LogP contribution in [0.1, 0.15) is 9.67 Å². The van der Waals surface area contributed by atoms with Gasteiger partial charge in [0, 0.05) is 0 Å². The molecule has 0 saturated carbocycles. The predicted octanol–water partition coefficient (Wildman–Crippen LogP) is 1.96. The van der Waals surface area contributed by atoms with Crippen LogP contribution in [-0.4, -0.2) is 16.2 Å². The Morgan fingerprint density at radius 1 is 1.73 bits per heavy atom. The van der Waals surface area contributed by atoms with Gasteiger partial charge in [-0.25, -0.2) is 0 Å². The SMILES string of the molecule is O=C(/C(Cl)=N\O)c1cccs1. The molecular formula is C6H4ClNO2S. The third-order valence-electron chi connectivity index (χ3n) is 1.02. The number of oxime groups is 1. The number of nitrogens with zero attached hydrogens (tertiary/aromatic N) is 1. The fraction of sp³-hybridized carbons (Fsp3) is 0. The van der Waals surface area contributed by atoms with E-state index in [4.69, 9.17) is 16.8 Å². The number of ketones is 1. The maximum Gasteiger partial charge on any atom is 0.236 e. The van der Waals surface area contributed by atoms with Crippen molar-refractivity contribution >= 4 is 33.9 Å². The molecule has 1 heterocycles. The van der Waals surface area contributed by atoms with Crippen molar-refractivity contribution in [2.75, 3.05) is 0 Å². The van der Waals surface area contributed by atoms with E-state index in [9.17, 15) is 4.79 Å². The molecule has 0 unspecified atom stereocenters. The first kappa shape index (κ1) is 8.23. The maximum absolute atomic E-state index is 11.0. The first-order valence-corrected chi connectivity index (χ1v) is 3.97. The molecule has 0 aromatic carbocycles. The molecule has 1 N–H and O–H groups in total. The van der Waals surface area contributed by atoms with Gasteiger partial charge in [0.2, 0.25) is 11.0 Å². The highest BCUT2D eigenvalue weighted by Gasteiger charge is 2.12. The number of carbonyl (C=O) groups excluding carboxylic acids is 1. The van der Waals surface area contributed by atoms with Gasteiger partial charge in [0.05, 0.1) is 4.88 Å². The van der Waals surface area contributed by atoms with Crippen molar-refractivity contribution < 1.29 is 10.0 Å².